The van der Waals surface area contributed by atoms with Gasteiger partial charge < -0.3 is 10.1 Å². The number of hydrogen-bond donors (Lipinski definition) is 1. The van der Waals surface area contributed by atoms with Crippen molar-refractivity contribution in [2.75, 3.05) is 19.7 Å². The molecule has 3 amide bonds. The summed E-state index contributed by atoms with van der Waals surface area (Å²) in [5.74, 6) is -1.11. The Kier molecular flexibility index (Phi) is 5.24. The number of rotatable bonds is 7. The molecule has 1 heterocycles. The van der Waals surface area contributed by atoms with E-state index in [1.165, 1.54) is 0 Å². The molecule has 1 aromatic rings. The number of Topliss-reactive ketones (excluding diaryl/α,β-unsaturated/α-hetero) is 1. The molecule has 0 radical (unpaired) electrons. The molecule has 0 saturated carbocycles. The quantitative estimate of drug-likeness (QED) is 0.456. The van der Waals surface area contributed by atoms with Gasteiger partial charge in [0.05, 0.1) is 6.54 Å². The van der Waals surface area contributed by atoms with Crippen LogP contribution < -0.4 is 5.32 Å². The monoisotopic (exact) mass is 304 g/mol. The first-order valence-corrected chi connectivity index (χ1v) is 6.90. The number of benzene rings is 1. The van der Waals surface area contributed by atoms with Crippen LogP contribution in [0, 0.1) is 0 Å². The van der Waals surface area contributed by atoms with Crippen LogP contribution in [0.2, 0.25) is 0 Å². The smallest absolute Gasteiger partial charge is 0.324 e. The second-order valence-electron chi connectivity index (χ2n) is 4.76. The maximum atomic E-state index is 11.7. The fourth-order valence-electron chi connectivity index (χ4n) is 1.99. The van der Waals surface area contributed by atoms with E-state index in [0.29, 0.717) is 12.0 Å². The fraction of sp³-hybridized carbons (Fsp3) is 0.333. The van der Waals surface area contributed by atoms with E-state index in [-0.39, 0.29) is 37.8 Å². The van der Waals surface area contributed by atoms with E-state index in [1.807, 2.05) is 0 Å². The Labute approximate surface area is 127 Å². The van der Waals surface area contributed by atoms with Crippen molar-refractivity contribution in [1.82, 2.24) is 10.2 Å². The molecule has 1 saturated heterocycles. The number of carbonyl (C=O) groups excluding carboxylic acids is 4. The summed E-state index contributed by atoms with van der Waals surface area (Å²) in [7, 11) is 0. The fourth-order valence-corrected chi connectivity index (χ4v) is 1.99. The summed E-state index contributed by atoms with van der Waals surface area (Å²) >= 11 is 0. The molecule has 116 valence electrons. The van der Waals surface area contributed by atoms with Crippen molar-refractivity contribution in [3.8, 4) is 0 Å². The first-order valence-electron chi connectivity index (χ1n) is 6.90. The van der Waals surface area contributed by atoms with Crippen molar-refractivity contribution < 1.29 is 23.9 Å². The van der Waals surface area contributed by atoms with Crippen molar-refractivity contribution in [1.29, 1.82) is 0 Å². The molecule has 0 unspecified atom stereocenters. The zero-order valence-corrected chi connectivity index (χ0v) is 11.9. The number of carbonyl (C=O) groups is 4. The Morgan fingerprint density at radius 1 is 1.18 bits per heavy atom. The summed E-state index contributed by atoms with van der Waals surface area (Å²) in [5.41, 5.74) is 0.481. The number of hydrogen-bond acceptors (Lipinski definition) is 5. The average molecular weight is 304 g/mol. The van der Waals surface area contributed by atoms with Crippen molar-refractivity contribution in [3.05, 3.63) is 35.9 Å². The summed E-state index contributed by atoms with van der Waals surface area (Å²) in [6, 6.07) is 8.10. The molecule has 1 aliphatic rings. The maximum Gasteiger partial charge on any atom is 0.324 e. The Hall–Kier alpha value is -2.70. The second kappa shape index (κ2) is 7.35. The molecule has 1 aromatic carbocycles. The Morgan fingerprint density at radius 2 is 1.91 bits per heavy atom. The molecule has 22 heavy (non-hydrogen) atoms. The molecule has 0 spiro atoms. The third-order valence-corrected chi connectivity index (χ3v) is 3.16. The van der Waals surface area contributed by atoms with Gasteiger partial charge in [0.1, 0.15) is 0 Å². The number of ether oxygens (including phenoxy) is 1. The largest absolute Gasteiger partial charge is 0.457 e. The number of ketones is 1. The van der Waals surface area contributed by atoms with Crippen molar-refractivity contribution in [2.24, 2.45) is 0 Å². The van der Waals surface area contributed by atoms with Crippen LogP contribution in [0.1, 0.15) is 23.2 Å². The third kappa shape index (κ3) is 4.15. The highest BCUT2D eigenvalue weighted by Gasteiger charge is 2.27. The van der Waals surface area contributed by atoms with Crippen LogP contribution in [-0.2, 0) is 14.3 Å². The molecular weight excluding hydrogens is 288 g/mol. The van der Waals surface area contributed by atoms with Crippen LogP contribution in [0.3, 0.4) is 0 Å². The van der Waals surface area contributed by atoms with Gasteiger partial charge in [0.25, 0.3) is 0 Å². The van der Waals surface area contributed by atoms with Crippen LogP contribution in [-0.4, -0.2) is 48.3 Å². The van der Waals surface area contributed by atoms with Gasteiger partial charge in [-0.2, -0.15) is 0 Å². The van der Waals surface area contributed by atoms with Crippen molar-refractivity contribution in [2.45, 2.75) is 12.8 Å². The standard InChI is InChI=1S/C15H16N2O5/c18-12(11-5-2-1-3-6-11)10-22-14(20)7-4-8-17-13(19)9-16-15(17)21/h1-3,5-6H,4,7-10H2,(H,16,21). The van der Waals surface area contributed by atoms with Crippen LogP contribution in [0.4, 0.5) is 4.79 Å². The summed E-state index contributed by atoms with van der Waals surface area (Å²) in [5, 5.41) is 2.39. The number of nitrogens with one attached hydrogen (secondary N) is 1. The normalized spacial score (nSPS) is 13.9. The number of urea groups is 1. The molecule has 7 heteroatoms. The summed E-state index contributed by atoms with van der Waals surface area (Å²) in [6.07, 6.45) is 0.344. The minimum Gasteiger partial charge on any atom is -0.457 e. The van der Waals surface area contributed by atoms with Gasteiger partial charge in [0.15, 0.2) is 12.4 Å². The van der Waals surface area contributed by atoms with E-state index >= 15 is 0 Å². The predicted octanol–water partition coefficient (Wildman–Crippen LogP) is 0.745. The van der Waals surface area contributed by atoms with Gasteiger partial charge in [-0.05, 0) is 6.42 Å². The highest BCUT2D eigenvalue weighted by atomic mass is 16.5. The van der Waals surface area contributed by atoms with Crippen molar-refractivity contribution in [3.63, 3.8) is 0 Å². The molecule has 0 aromatic heterocycles. The number of imide groups is 1. The Balaban J connectivity index is 1.67. The zero-order chi connectivity index (χ0) is 15.9. The number of amides is 3. The molecule has 7 nitrogen and oxygen atoms in total. The lowest BCUT2D eigenvalue weighted by Crippen LogP contribution is -2.32. The summed E-state index contributed by atoms with van der Waals surface area (Å²) in [6.45, 7) is -0.159. The lowest BCUT2D eigenvalue weighted by Gasteiger charge is -2.11. The summed E-state index contributed by atoms with van der Waals surface area (Å²) < 4.78 is 4.88. The van der Waals surface area contributed by atoms with Crippen molar-refractivity contribution >= 4 is 23.7 Å². The Bertz CT molecular complexity index is 569. The van der Waals surface area contributed by atoms with Gasteiger partial charge in [-0.3, -0.25) is 19.3 Å². The SMILES string of the molecule is O=C(CCCN1C(=O)CNC1=O)OCC(=O)c1ccccc1. The molecule has 1 aliphatic heterocycles. The van der Waals surface area contributed by atoms with E-state index in [9.17, 15) is 19.2 Å². The average Bonchev–Trinajstić information content (AvgIpc) is 2.85. The first-order chi connectivity index (χ1) is 10.6. The predicted molar refractivity (Wildman–Crippen MR) is 76.1 cm³/mol. The van der Waals surface area contributed by atoms with Crippen LogP contribution in [0.15, 0.2) is 30.3 Å². The number of esters is 1. The first kappa shape index (κ1) is 15.7. The van der Waals surface area contributed by atoms with Crippen LogP contribution in [0.5, 0.6) is 0 Å². The molecule has 2 rings (SSSR count). The van der Waals surface area contributed by atoms with E-state index in [0.717, 1.165) is 4.90 Å². The molecule has 1 N–H and O–H groups in total. The van der Waals surface area contributed by atoms with Crippen LogP contribution in [0.25, 0.3) is 0 Å². The van der Waals surface area contributed by atoms with Crippen LogP contribution >= 0.6 is 0 Å². The molecule has 1 fully saturated rings. The Morgan fingerprint density at radius 3 is 2.55 bits per heavy atom. The molecular formula is C15H16N2O5. The highest BCUT2D eigenvalue weighted by molar-refractivity contribution is 6.02. The van der Waals surface area contributed by atoms with Gasteiger partial charge in [-0.1, -0.05) is 30.3 Å². The van der Waals surface area contributed by atoms with Gasteiger partial charge in [-0.25, -0.2) is 4.79 Å². The minimum atomic E-state index is -0.531. The topological polar surface area (TPSA) is 92.8 Å². The van der Waals surface area contributed by atoms with Gasteiger partial charge in [0, 0.05) is 18.5 Å². The van der Waals surface area contributed by atoms with Gasteiger partial charge in [-0.15, -0.1) is 0 Å². The second-order valence-corrected chi connectivity index (χ2v) is 4.76. The van der Waals surface area contributed by atoms with E-state index in [1.54, 1.807) is 30.3 Å². The summed E-state index contributed by atoms with van der Waals surface area (Å²) in [4.78, 5) is 46.9. The van der Waals surface area contributed by atoms with E-state index in [4.69, 9.17) is 4.74 Å². The maximum absolute atomic E-state index is 11.7. The highest BCUT2D eigenvalue weighted by Crippen LogP contribution is 2.04. The van der Waals surface area contributed by atoms with Gasteiger partial charge in [0.2, 0.25) is 5.91 Å². The van der Waals surface area contributed by atoms with E-state index in [2.05, 4.69) is 5.32 Å². The minimum absolute atomic E-state index is 0.00510. The number of nitrogens with zero attached hydrogens (tertiary/aromatic N) is 1. The lowest BCUT2D eigenvalue weighted by molar-refractivity contribution is -0.142. The molecule has 0 aliphatic carbocycles. The third-order valence-electron chi connectivity index (χ3n) is 3.16. The van der Waals surface area contributed by atoms with Gasteiger partial charge >= 0.3 is 12.0 Å². The van der Waals surface area contributed by atoms with E-state index < -0.39 is 12.0 Å². The molecule has 0 bridgehead atoms. The zero-order valence-electron chi connectivity index (χ0n) is 11.9. The lowest BCUT2D eigenvalue weighted by atomic mass is 10.1. The molecule has 0 atom stereocenters.